The van der Waals surface area contributed by atoms with Gasteiger partial charge in [-0.1, -0.05) is 25.4 Å². The number of ether oxygens (including phenoxy) is 1. The van der Waals surface area contributed by atoms with Crippen molar-refractivity contribution >= 4 is 11.6 Å². The molecule has 0 spiro atoms. The Morgan fingerprint density at radius 2 is 2.12 bits per heavy atom. The maximum absolute atomic E-state index is 12.1. The van der Waals surface area contributed by atoms with E-state index in [4.69, 9.17) is 15.0 Å². The van der Waals surface area contributed by atoms with Gasteiger partial charge in [-0.25, -0.2) is 0 Å². The highest BCUT2D eigenvalue weighted by molar-refractivity contribution is 5.94. The molecule has 1 fully saturated rings. The molecule has 1 aliphatic carbocycles. The third kappa shape index (κ3) is 4.57. The fourth-order valence-corrected chi connectivity index (χ4v) is 2.34. The molecule has 0 aliphatic heterocycles. The van der Waals surface area contributed by atoms with Crippen LogP contribution in [0.1, 0.15) is 50.7 Å². The fraction of sp³-hybridized carbons (Fsp3) is 0.500. The normalized spacial score (nSPS) is 16.3. The lowest BCUT2D eigenvalue weighted by Gasteiger charge is -2.17. The lowest BCUT2D eigenvalue weighted by atomic mass is 9.99. The second-order valence-corrected chi connectivity index (χ2v) is 6.54. The summed E-state index contributed by atoms with van der Waals surface area (Å²) in [6.45, 7) is 4.23. The number of anilines is 1. The average Bonchev–Trinajstić information content (AvgIpc) is 3.38. The minimum atomic E-state index is -0.514. The summed E-state index contributed by atoms with van der Waals surface area (Å²) in [5.41, 5.74) is 6.62. The van der Waals surface area contributed by atoms with Crippen molar-refractivity contribution in [1.29, 1.82) is 0 Å². The highest BCUT2D eigenvalue weighted by Crippen LogP contribution is 2.38. The van der Waals surface area contributed by atoms with Crippen LogP contribution in [0, 0.1) is 5.92 Å². The molecule has 0 radical (unpaired) electrons. The van der Waals surface area contributed by atoms with E-state index in [1.807, 2.05) is 13.8 Å². The van der Waals surface area contributed by atoms with E-state index >= 15 is 0 Å². The summed E-state index contributed by atoms with van der Waals surface area (Å²) < 4.78 is 10.8. The molecule has 1 aromatic heterocycles. The molecular formula is C18H24N4O3. The number of nitrogens with zero attached hydrogens (tertiary/aromatic N) is 2. The van der Waals surface area contributed by atoms with Crippen LogP contribution in [0.15, 0.2) is 28.8 Å². The standard InChI is InChI=1S/C18H24N4O3/c1-3-11(2)16(19)17(23)20-13-6-8-14(9-7-13)24-10-15-21-18(25-22-15)12-4-5-12/h6-9,11-12,16H,3-5,10,19H2,1-2H3,(H,20,23). The van der Waals surface area contributed by atoms with Gasteiger partial charge >= 0.3 is 0 Å². The molecule has 1 amide bonds. The number of aromatic nitrogens is 2. The summed E-state index contributed by atoms with van der Waals surface area (Å²) in [7, 11) is 0. The van der Waals surface area contributed by atoms with E-state index in [9.17, 15) is 4.79 Å². The van der Waals surface area contributed by atoms with Crippen LogP contribution in [0.3, 0.4) is 0 Å². The quantitative estimate of drug-likeness (QED) is 0.763. The van der Waals surface area contributed by atoms with Crippen molar-refractivity contribution in [1.82, 2.24) is 10.1 Å². The topological polar surface area (TPSA) is 103 Å². The van der Waals surface area contributed by atoms with Gasteiger partial charge < -0.3 is 20.3 Å². The number of carbonyl (C=O) groups excluding carboxylic acids is 1. The SMILES string of the molecule is CCC(C)C(N)C(=O)Nc1ccc(OCc2noc(C3CC3)n2)cc1. The Bertz CT molecular complexity index is 709. The molecule has 134 valence electrons. The Morgan fingerprint density at radius 3 is 2.76 bits per heavy atom. The molecule has 1 aromatic carbocycles. The van der Waals surface area contributed by atoms with Crippen LogP contribution in [0.5, 0.6) is 5.75 Å². The second kappa shape index (κ2) is 7.65. The van der Waals surface area contributed by atoms with E-state index in [0.29, 0.717) is 29.1 Å². The van der Waals surface area contributed by atoms with E-state index < -0.39 is 6.04 Å². The molecule has 7 heteroatoms. The van der Waals surface area contributed by atoms with Crippen molar-refractivity contribution in [3.05, 3.63) is 36.0 Å². The van der Waals surface area contributed by atoms with Crippen LogP contribution in [-0.2, 0) is 11.4 Å². The summed E-state index contributed by atoms with van der Waals surface area (Å²) >= 11 is 0. The number of hydrogen-bond acceptors (Lipinski definition) is 6. The predicted molar refractivity (Wildman–Crippen MR) is 93.1 cm³/mol. The Hall–Kier alpha value is -2.41. The van der Waals surface area contributed by atoms with Gasteiger partial charge in [-0.15, -0.1) is 0 Å². The van der Waals surface area contributed by atoms with Crippen molar-refractivity contribution in [2.75, 3.05) is 5.32 Å². The van der Waals surface area contributed by atoms with Crippen molar-refractivity contribution in [3.8, 4) is 5.75 Å². The number of hydrogen-bond donors (Lipinski definition) is 2. The zero-order valence-electron chi connectivity index (χ0n) is 14.6. The van der Waals surface area contributed by atoms with Gasteiger partial charge in [0.05, 0.1) is 6.04 Å². The first-order valence-electron chi connectivity index (χ1n) is 8.68. The van der Waals surface area contributed by atoms with Gasteiger partial charge in [0.25, 0.3) is 0 Å². The van der Waals surface area contributed by atoms with Gasteiger partial charge in [-0.2, -0.15) is 4.98 Å². The molecule has 7 nitrogen and oxygen atoms in total. The van der Waals surface area contributed by atoms with Crippen LogP contribution in [0.2, 0.25) is 0 Å². The zero-order chi connectivity index (χ0) is 17.8. The minimum absolute atomic E-state index is 0.137. The van der Waals surface area contributed by atoms with E-state index in [-0.39, 0.29) is 18.4 Å². The van der Waals surface area contributed by atoms with E-state index in [1.54, 1.807) is 24.3 Å². The number of nitrogens with one attached hydrogen (secondary N) is 1. The summed E-state index contributed by atoms with van der Waals surface area (Å²) in [5, 5.41) is 6.73. The van der Waals surface area contributed by atoms with Crippen LogP contribution in [-0.4, -0.2) is 22.1 Å². The zero-order valence-corrected chi connectivity index (χ0v) is 14.6. The van der Waals surface area contributed by atoms with Crippen LogP contribution < -0.4 is 15.8 Å². The van der Waals surface area contributed by atoms with E-state index in [0.717, 1.165) is 19.3 Å². The molecule has 2 aromatic rings. The predicted octanol–water partition coefficient (Wildman–Crippen LogP) is 2.84. The summed E-state index contributed by atoms with van der Waals surface area (Å²) in [6.07, 6.45) is 3.10. The summed E-state index contributed by atoms with van der Waals surface area (Å²) in [5.74, 6) is 2.31. The third-order valence-electron chi connectivity index (χ3n) is 4.46. The van der Waals surface area contributed by atoms with Crippen LogP contribution >= 0.6 is 0 Å². The smallest absolute Gasteiger partial charge is 0.241 e. The number of benzene rings is 1. The van der Waals surface area contributed by atoms with Crippen molar-refractivity contribution in [3.63, 3.8) is 0 Å². The molecule has 2 atom stereocenters. The van der Waals surface area contributed by atoms with Gasteiger partial charge in [-0.3, -0.25) is 4.79 Å². The molecule has 25 heavy (non-hydrogen) atoms. The van der Waals surface area contributed by atoms with Gasteiger partial charge in [0, 0.05) is 11.6 Å². The van der Waals surface area contributed by atoms with Crippen LogP contribution in [0.25, 0.3) is 0 Å². The number of carbonyl (C=O) groups is 1. The number of amides is 1. The summed E-state index contributed by atoms with van der Waals surface area (Å²) in [6, 6.07) is 6.61. The highest BCUT2D eigenvalue weighted by Gasteiger charge is 2.29. The molecule has 1 heterocycles. The van der Waals surface area contributed by atoms with E-state index in [2.05, 4.69) is 15.5 Å². The molecule has 3 N–H and O–H groups in total. The minimum Gasteiger partial charge on any atom is -0.485 e. The maximum Gasteiger partial charge on any atom is 0.241 e. The Kier molecular flexibility index (Phi) is 5.33. The van der Waals surface area contributed by atoms with Gasteiger partial charge in [0.15, 0.2) is 6.61 Å². The third-order valence-corrected chi connectivity index (χ3v) is 4.46. The molecular weight excluding hydrogens is 320 g/mol. The number of rotatable bonds is 8. The first-order chi connectivity index (χ1) is 12.1. The van der Waals surface area contributed by atoms with Crippen molar-refractivity contribution < 1.29 is 14.1 Å². The average molecular weight is 344 g/mol. The lowest BCUT2D eigenvalue weighted by molar-refractivity contribution is -0.118. The molecule has 0 saturated heterocycles. The largest absolute Gasteiger partial charge is 0.485 e. The Balaban J connectivity index is 1.50. The van der Waals surface area contributed by atoms with Gasteiger partial charge in [0.2, 0.25) is 17.6 Å². The molecule has 1 aliphatic rings. The Labute approximate surface area is 146 Å². The molecule has 0 bridgehead atoms. The Morgan fingerprint density at radius 1 is 1.40 bits per heavy atom. The van der Waals surface area contributed by atoms with Gasteiger partial charge in [0.1, 0.15) is 5.75 Å². The fourth-order valence-electron chi connectivity index (χ4n) is 2.34. The maximum atomic E-state index is 12.1. The van der Waals surface area contributed by atoms with Crippen LogP contribution in [0.4, 0.5) is 5.69 Å². The highest BCUT2D eigenvalue weighted by atomic mass is 16.5. The number of nitrogens with two attached hydrogens (primary N) is 1. The monoisotopic (exact) mass is 344 g/mol. The second-order valence-electron chi connectivity index (χ2n) is 6.54. The first-order valence-corrected chi connectivity index (χ1v) is 8.68. The summed E-state index contributed by atoms with van der Waals surface area (Å²) in [4.78, 5) is 16.4. The van der Waals surface area contributed by atoms with Crippen molar-refractivity contribution in [2.45, 2.75) is 51.7 Å². The molecule has 3 rings (SSSR count). The van der Waals surface area contributed by atoms with Crippen molar-refractivity contribution in [2.24, 2.45) is 11.7 Å². The first kappa shape index (κ1) is 17.4. The molecule has 2 unspecified atom stereocenters. The van der Waals surface area contributed by atoms with E-state index in [1.165, 1.54) is 0 Å². The molecule has 1 saturated carbocycles. The van der Waals surface area contributed by atoms with Gasteiger partial charge in [-0.05, 0) is 43.0 Å². The lowest BCUT2D eigenvalue weighted by Crippen LogP contribution is -2.40.